The van der Waals surface area contributed by atoms with Crippen LogP contribution in [-0.4, -0.2) is 32.2 Å². The molecule has 1 aromatic carbocycles. The van der Waals surface area contributed by atoms with Crippen molar-refractivity contribution in [1.82, 2.24) is 10.6 Å². The van der Waals surface area contributed by atoms with Crippen molar-refractivity contribution in [3.63, 3.8) is 0 Å². The Bertz CT molecular complexity index is 459. The molecule has 110 valence electrons. The molecule has 0 saturated heterocycles. The van der Waals surface area contributed by atoms with Gasteiger partial charge in [-0.05, 0) is 31.4 Å². The summed E-state index contributed by atoms with van der Waals surface area (Å²) < 4.78 is 5.70. The molecule has 0 fully saturated rings. The fraction of sp³-hybridized carbons (Fsp3) is 0.562. The number of guanidine groups is 1. The molecule has 1 aromatic rings. The Morgan fingerprint density at radius 2 is 2.25 bits per heavy atom. The molecular formula is C16H25N3O. The Kier molecular flexibility index (Phi) is 5.27. The maximum atomic E-state index is 5.70. The lowest BCUT2D eigenvalue weighted by Crippen LogP contribution is -2.43. The molecule has 0 spiro atoms. The first-order valence-electron chi connectivity index (χ1n) is 7.43. The van der Waals surface area contributed by atoms with E-state index in [0.29, 0.717) is 12.0 Å². The SMILES string of the molecule is CCC(C)NC(=NC)NCC1CCOc2ccccc21. The van der Waals surface area contributed by atoms with Gasteiger partial charge in [0.25, 0.3) is 0 Å². The normalized spacial score (nSPS) is 19.8. The van der Waals surface area contributed by atoms with E-state index in [0.717, 1.165) is 37.7 Å². The minimum atomic E-state index is 0.433. The summed E-state index contributed by atoms with van der Waals surface area (Å²) in [5.74, 6) is 2.38. The van der Waals surface area contributed by atoms with Crippen LogP contribution in [0.25, 0.3) is 0 Å². The van der Waals surface area contributed by atoms with E-state index in [4.69, 9.17) is 4.74 Å². The second-order valence-electron chi connectivity index (χ2n) is 5.28. The number of aliphatic imine (C=N–C) groups is 1. The van der Waals surface area contributed by atoms with Gasteiger partial charge < -0.3 is 15.4 Å². The molecule has 4 heteroatoms. The third-order valence-electron chi connectivity index (χ3n) is 3.82. The topological polar surface area (TPSA) is 45.7 Å². The van der Waals surface area contributed by atoms with E-state index in [1.54, 1.807) is 0 Å². The first-order valence-corrected chi connectivity index (χ1v) is 7.43. The Labute approximate surface area is 121 Å². The van der Waals surface area contributed by atoms with Gasteiger partial charge in [0.2, 0.25) is 0 Å². The van der Waals surface area contributed by atoms with Gasteiger partial charge in [-0.15, -0.1) is 0 Å². The van der Waals surface area contributed by atoms with Gasteiger partial charge in [-0.25, -0.2) is 0 Å². The van der Waals surface area contributed by atoms with Crippen LogP contribution in [0, 0.1) is 0 Å². The minimum absolute atomic E-state index is 0.433. The lowest BCUT2D eigenvalue weighted by Gasteiger charge is -2.27. The minimum Gasteiger partial charge on any atom is -0.493 e. The summed E-state index contributed by atoms with van der Waals surface area (Å²) in [6.07, 6.45) is 2.13. The van der Waals surface area contributed by atoms with Crippen LogP contribution in [0.1, 0.15) is 38.2 Å². The molecule has 0 amide bonds. The largest absolute Gasteiger partial charge is 0.493 e. The predicted molar refractivity (Wildman–Crippen MR) is 83.5 cm³/mol. The molecule has 2 unspecified atom stereocenters. The van der Waals surface area contributed by atoms with Crippen molar-refractivity contribution in [2.24, 2.45) is 4.99 Å². The van der Waals surface area contributed by atoms with Crippen LogP contribution in [0.2, 0.25) is 0 Å². The number of para-hydroxylation sites is 1. The second kappa shape index (κ2) is 7.17. The van der Waals surface area contributed by atoms with Crippen molar-refractivity contribution in [3.8, 4) is 5.75 Å². The quantitative estimate of drug-likeness (QED) is 0.655. The zero-order valence-electron chi connectivity index (χ0n) is 12.6. The average molecular weight is 275 g/mol. The summed E-state index contributed by atoms with van der Waals surface area (Å²) in [5, 5.41) is 6.82. The Hall–Kier alpha value is -1.71. The van der Waals surface area contributed by atoms with Crippen molar-refractivity contribution in [2.45, 2.75) is 38.6 Å². The van der Waals surface area contributed by atoms with Gasteiger partial charge in [0.15, 0.2) is 5.96 Å². The molecule has 0 aromatic heterocycles. The molecule has 0 radical (unpaired) electrons. The summed E-state index contributed by atoms with van der Waals surface area (Å²) in [5.41, 5.74) is 1.30. The zero-order valence-corrected chi connectivity index (χ0v) is 12.6. The van der Waals surface area contributed by atoms with Gasteiger partial charge in [-0.3, -0.25) is 4.99 Å². The number of hydrogen-bond acceptors (Lipinski definition) is 2. The molecule has 2 N–H and O–H groups in total. The number of benzene rings is 1. The van der Waals surface area contributed by atoms with Crippen LogP contribution in [0.3, 0.4) is 0 Å². The number of nitrogens with zero attached hydrogens (tertiary/aromatic N) is 1. The van der Waals surface area contributed by atoms with Gasteiger partial charge in [0, 0.05) is 25.6 Å². The summed E-state index contributed by atoms with van der Waals surface area (Å²) in [6, 6.07) is 8.74. The molecule has 1 aliphatic heterocycles. The van der Waals surface area contributed by atoms with Gasteiger partial charge >= 0.3 is 0 Å². The van der Waals surface area contributed by atoms with Crippen LogP contribution in [0.4, 0.5) is 0 Å². The van der Waals surface area contributed by atoms with E-state index in [-0.39, 0.29) is 0 Å². The molecule has 2 atom stereocenters. The third-order valence-corrected chi connectivity index (χ3v) is 3.82. The molecule has 20 heavy (non-hydrogen) atoms. The number of rotatable bonds is 4. The molecular weight excluding hydrogens is 250 g/mol. The Morgan fingerprint density at radius 3 is 3.00 bits per heavy atom. The van der Waals surface area contributed by atoms with E-state index >= 15 is 0 Å². The smallest absolute Gasteiger partial charge is 0.191 e. The monoisotopic (exact) mass is 275 g/mol. The van der Waals surface area contributed by atoms with Crippen LogP contribution in [0.15, 0.2) is 29.3 Å². The summed E-state index contributed by atoms with van der Waals surface area (Å²) in [4.78, 5) is 4.28. The summed E-state index contributed by atoms with van der Waals surface area (Å²) >= 11 is 0. The van der Waals surface area contributed by atoms with E-state index < -0.39 is 0 Å². The highest BCUT2D eigenvalue weighted by atomic mass is 16.5. The van der Waals surface area contributed by atoms with Gasteiger partial charge in [-0.1, -0.05) is 25.1 Å². The molecule has 1 aliphatic rings. The molecule has 0 aliphatic carbocycles. The molecule has 4 nitrogen and oxygen atoms in total. The van der Waals surface area contributed by atoms with Crippen LogP contribution >= 0.6 is 0 Å². The van der Waals surface area contributed by atoms with Crippen LogP contribution in [-0.2, 0) is 0 Å². The molecule has 1 heterocycles. The van der Waals surface area contributed by atoms with Gasteiger partial charge in [0.1, 0.15) is 5.75 Å². The van der Waals surface area contributed by atoms with Crippen molar-refractivity contribution in [2.75, 3.05) is 20.2 Å². The Balaban J connectivity index is 1.94. The predicted octanol–water partition coefficient (Wildman–Crippen LogP) is 2.52. The highest BCUT2D eigenvalue weighted by molar-refractivity contribution is 5.80. The summed E-state index contributed by atoms with van der Waals surface area (Å²) in [7, 11) is 1.82. The number of ether oxygens (including phenoxy) is 1. The van der Waals surface area contributed by atoms with E-state index in [2.05, 4.69) is 41.6 Å². The van der Waals surface area contributed by atoms with Crippen molar-refractivity contribution in [1.29, 1.82) is 0 Å². The second-order valence-corrected chi connectivity index (χ2v) is 5.28. The van der Waals surface area contributed by atoms with Crippen LogP contribution < -0.4 is 15.4 Å². The van der Waals surface area contributed by atoms with E-state index in [9.17, 15) is 0 Å². The fourth-order valence-electron chi connectivity index (χ4n) is 2.38. The number of fused-ring (bicyclic) bond motifs is 1. The highest BCUT2D eigenvalue weighted by Crippen LogP contribution is 2.32. The third kappa shape index (κ3) is 3.65. The lowest BCUT2D eigenvalue weighted by molar-refractivity contribution is 0.267. The van der Waals surface area contributed by atoms with Crippen molar-refractivity contribution >= 4 is 5.96 Å². The highest BCUT2D eigenvalue weighted by Gasteiger charge is 2.21. The Morgan fingerprint density at radius 1 is 1.45 bits per heavy atom. The zero-order chi connectivity index (χ0) is 14.4. The van der Waals surface area contributed by atoms with Crippen molar-refractivity contribution < 1.29 is 4.74 Å². The van der Waals surface area contributed by atoms with Crippen LogP contribution in [0.5, 0.6) is 5.75 Å². The lowest BCUT2D eigenvalue weighted by atomic mass is 9.93. The number of nitrogens with one attached hydrogen (secondary N) is 2. The maximum Gasteiger partial charge on any atom is 0.191 e. The molecule has 2 rings (SSSR count). The maximum absolute atomic E-state index is 5.70. The first kappa shape index (κ1) is 14.7. The van der Waals surface area contributed by atoms with Crippen molar-refractivity contribution in [3.05, 3.63) is 29.8 Å². The fourth-order valence-corrected chi connectivity index (χ4v) is 2.38. The average Bonchev–Trinajstić information content (AvgIpc) is 2.51. The standard InChI is InChI=1S/C16H25N3O/c1-4-12(2)19-16(17-3)18-11-13-9-10-20-15-8-6-5-7-14(13)15/h5-8,12-13H,4,9-11H2,1-3H3,(H2,17,18,19). The van der Waals surface area contributed by atoms with E-state index in [1.807, 2.05) is 19.2 Å². The first-order chi connectivity index (χ1) is 9.74. The summed E-state index contributed by atoms with van der Waals surface area (Å²) in [6.45, 7) is 6.01. The molecule has 0 bridgehead atoms. The number of hydrogen-bond donors (Lipinski definition) is 2. The van der Waals surface area contributed by atoms with Gasteiger partial charge in [-0.2, -0.15) is 0 Å². The molecule has 0 saturated carbocycles. The van der Waals surface area contributed by atoms with Gasteiger partial charge in [0.05, 0.1) is 6.61 Å². The van der Waals surface area contributed by atoms with E-state index in [1.165, 1.54) is 5.56 Å².